The highest BCUT2D eigenvalue weighted by Gasteiger charge is 2.29. The summed E-state index contributed by atoms with van der Waals surface area (Å²) < 4.78 is 13.9. The molecule has 1 heterocycles. The minimum absolute atomic E-state index is 0.115. The van der Waals surface area contributed by atoms with Gasteiger partial charge < -0.3 is 10.6 Å². The van der Waals surface area contributed by atoms with Crippen LogP contribution < -0.4 is 10.6 Å². The first-order valence-electron chi connectivity index (χ1n) is 10.3. The molecule has 2 aromatic rings. The van der Waals surface area contributed by atoms with Crippen molar-refractivity contribution in [3.8, 4) is 0 Å². The summed E-state index contributed by atoms with van der Waals surface area (Å²) in [5.41, 5.74) is 1.50. The predicted octanol–water partition coefficient (Wildman–Crippen LogP) is 5.47. The predicted molar refractivity (Wildman–Crippen MR) is 119 cm³/mol. The molecule has 156 valence electrons. The molecule has 1 saturated carbocycles. The van der Waals surface area contributed by atoms with E-state index in [4.69, 9.17) is 0 Å². The molecule has 4 nitrogen and oxygen atoms in total. The van der Waals surface area contributed by atoms with Crippen LogP contribution in [0.1, 0.15) is 49.0 Å². The van der Waals surface area contributed by atoms with Crippen molar-refractivity contribution in [1.29, 1.82) is 0 Å². The third-order valence-corrected chi connectivity index (χ3v) is 7.25. The molecule has 0 unspecified atom stereocenters. The lowest BCUT2D eigenvalue weighted by molar-refractivity contribution is -0.112. The van der Waals surface area contributed by atoms with Gasteiger partial charge in [-0.15, -0.1) is 0 Å². The molecule has 6 heteroatoms. The van der Waals surface area contributed by atoms with E-state index in [0.717, 1.165) is 17.7 Å². The van der Waals surface area contributed by atoms with E-state index in [1.807, 2.05) is 6.07 Å². The molecule has 2 aromatic carbocycles. The van der Waals surface area contributed by atoms with Crippen LogP contribution in [0, 0.1) is 17.7 Å². The molecule has 1 fully saturated rings. The highest BCUT2D eigenvalue weighted by atomic mass is 32.2. The van der Waals surface area contributed by atoms with Gasteiger partial charge in [0.1, 0.15) is 5.82 Å². The summed E-state index contributed by atoms with van der Waals surface area (Å²) in [6, 6.07) is 11.8. The Hall–Kier alpha value is -2.60. The monoisotopic (exact) mass is 424 g/mol. The molecule has 3 atom stereocenters. The fraction of sp³-hybridized carbons (Fsp3) is 0.333. The van der Waals surface area contributed by atoms with Crippen molar-refractivity contribution >= 4 is 35.3 Å². The first-order chi connectivity index (χ1) is 14.4. The first kappa shape index (κ1) is 20.7. The van der Waals surface area contributed by atoms with E-state index in [0.29, 0.717) is 33.6 Å². The van der Waals surface area contributed by atoms with Gasteiger partial charge in [0.2, 0.25) is 0 Å². The number of carbonyl (C=O) groups is 2. The van der Waals surface area contributed by atoms with Crippen LogP contribution in [0.4, 0.5) is 10.1 Å². The Morgan fingerprint density at radius 2 is 2.00 bits per heavy atom. The zero-order chi connectivity index (χ0) is 21.3. The van der Waals surface area contributed by atoms with Crippen molar-refractivity contribution in [2.75, 3.05) is 5.32 Å². The summed E-state index contributed by atoms with van der Waals surface area (Å²) in [7, 11) is 0. The average Bonchev–Trinajstić information content (AvgIpc) is 2.73. The molecule has 1 aliphatic heterocycles. The number of fused-ring (bicyclic) bond motifs is 1. The topological polar surface area (TPSA) is 58.2 Å². The van der Waals surface area contributed by atoms with Crippen molar-refractivity contribution in [1.82, 2.24) is 5.32 Å². The Bertz CT molecular complexity index is 1020. The van der Waals surface area contributed by atoms with Crippen molar-refractivity contribution in [3.05, 3.63) is 64.3 Å². The number of thioether (sulfide) groups is 1. The van der Waals surface area contributed by atoms with E-state index in [1.54, 1.807) is 36.4 Å². The molecule has 1 aliphatic carbocycles. The van der Waals surface area contributed by atoms with E-state index in [2.05, 4.69) is 24.5 Å². The molecular formula is C24H25FN2O2S. The van der Waals surface area contributed by atoms with E-state index < -0.39 is 0 Å². The van der Waals surface area contributed by atoms with Crippen LogP contribution in [0.5, 0.6) is 0 Å². The Labute approximate surface area is 180 Å². The Kier molecular flexibility index (Phi) is 5.95. The van der Waals surface area contributed by atoms with E-state index in [9.17, 15) is 14.0 Å². The normalized spacial score (nSPS) is 24.8. The Morgan fingerprint density at radius 3 is 2.80 bits per heavy atom. The molecule has 0 saturated heterocycles. The fourth-order valence-electron chi connectivity index (χ4n) is 4.07. The molecule has 0 aromatic heterocycles. The average molecular weight is 425 g/mol. The number of hydrogen-bond acceptors (Lipinski definition) is 3. The van der Waals surface area contributed by atoms with Gasteiger partial charge in [-0.1, -0.05) is 56.7 Å². The van der Waals surface area contributed by atoms with Gasteiger partial charge in [0.15, 0.2) is 0 Å². The van der Waals surface area contributed by atoms with Crippen LogP contribution in [-0.2, 0) is 4.79 Å². The number of nitrogens with one attached hydrogen (secondary N) is 2. The summed E-state index contributed by atoms with van der Waals surface area (Å²) in [5.74, 6) is 0.255. The molecule has 2 aliphatic rings. The summed E-state index contributed by atoms with van der Waals surface area (Å²) in [6.45, 7) is 4.43. The van der Waals surface area contributed by atoms with Gasteiger partial charge >= 0.3 is 0 Å². The van der Waals surface area contributed by atoms with Gasteiger partial charge in [-0.25, -0.2) is 4.39 Å². The maximum atomic E-state index is 13.9. The SMILES string of the molecule is C[C@H]1[C@H](C)CCC[C@@H]1NC(=O)c1ccc2c(c1)NC(=O)/C(=C\c1ccccc1F)S2. The minimum Gasteiger partial charge on any atom is -0.349 e. The zero-order valence-electron chi connectivity index (χ0n) is 17.1. The standard InChI is InChI=1S/C24H25FN2O2S/c1-14-6-5-9-19(15(14)2)26-23(28)17-10-11-21-20(12-17)27-24(29)22(30-21)13-16-7-3-4-8-18(16)25/h3-4,7-8,10-15,19H,5-6,9H2,1-2H3,(H,26,28)(H,27,29)/b22-13+/t14-,15+,19+/m1/s1. The molecule has 4 rings (SSSR count). The molecule has 0 radical (unpaired) electrons. The molecule has 0 spiro atoms. The maximum absolute atomic E-state index is 13.9. The largest absolute Gasteiger partial charge is 0.349 e. The van der Waals surface area contributed by atoms with Crippen molar-refractivity contribution in [2.45, 2.75) is 44.0 Å². The summed E-state index contributed by atoms with van der Waals surface area (Å²) in [5, 5.41) is 6.00. The third-order valence-electron chi connectivity index (χ3n) is 6.15. The fourth-order valence-corrected chi connectivity index (χ4v) is 4.99. The van der Waals surface area contributed by atoms with Crippen molar-refractivity contribution in [2.24, 2.45) is 11.8 Å². The van der Waals surface area contributed by atoms with Crippen molar-refractivity contribution < 1.29 is 14.0 Å². The van der Waals surface area contributed by atoms with Gasteiger partial charge in [-0.2, -0.15) is 0 Å². The van der Waals surface area contributed by atoms with Crippen molar-refractivity contribution in [3.63, 3.8) is 0 Å². The first-order valence-corrected chi connectivity index (χ1v) is 11.1. The number of rotatable bonds is 3. The molecule has 30 heavy (non-hydrogen) atoms. The van der Waals surface area contributed by atoms with Crippen LogP contribution in [-0.4, -0.2) is 17.9 Å². The molecule has 0 bridgehead atoms. The van der Waals surface area contributed by atoms with Crippen LogP contribution >= 0.6 is 11.8 Å². The van der Waals surface area contributed by atoms with E-state index >= 15 is 0 Å². The van der Waals surface area contributed by atoms with Crippen LogP contribution in [0.15, 0.2) is 52.3 Å². The van der Waals surface area contributed by atoms with E-state index in [-0.39, 0.29) is 23.7 Å². The third kappa shape index (κ3) is 4.29. The Balaban J connectivity index is 1.51. The van der Waals surface area contributed by atoms with Gasteiger partial charge in [-0.3, -0.25) is 9.59 Å². The lowest BCUT2D eigenvalue weighted by Crippen LogP contribution is -2.43. The Morgan fingerprint density at radius 1 is 1.20 bits per heavy atom. The smallest absolute Gasteiger partial charge is 0.262 e. The summed E-state index contributed by atoms with van der Waals surface area (Å²) >= 11 is 1.28. The van der Waals surface area contributed by atoms with Gasteiger partial charge in [0, 0.05) is 22.1 Å². The highest BCUT2D eigenvalue weighted by Crippen LogP contribution is 2.39. The lowest BCUT2D eigenvalue weighted by atomic mass is 9.78. The van der Waals surface area contributed by atoms with Gasteiger partial charge in [-0.05, 0) is 48.6 Å². The number of amides is 2. The van der Waals surface area contributed by atoms with Gasteiger partial charge in [0.25, 0.3) is 11.8 Å². The molecular weight excluding hydrogens is 399 g/mol. The summed E-state index contributed by atoms with van der Waals surface area (Å²) in [6.07, 6.45) is 4.88. The second-order valence-corrected chi connectivity index (χ2v) is 9.23. The van der Waals surface area contributed by atoms with E-state index in [1.165, 1.54) is 24.2 Å². The second-order valence-electron chi connectivity index (χ2n) is 8.14. The van der Waals surface area contributed by atoms with Crippen LogP contribution in [0.3, 0.4) is 0 Å². The maximum Gasteiger partial charge on any atom is 0.262 e. The number of anilines is 1. The molecule has 2 N–H and O–H groups in total. The zero-order valence-corrected chi connectivity index (χ0v) is 17.9. The number of hydrogen-bond donors (Lipinski definition) is 2. The number of halogens is 1. The number of carbonyl (C=O) groups excluding carboxylic acids is 2. The van der Waals surface area contributed by atoms with Gasteiger partial charge in [0.05, 0.1) is 10.6 Å². The highest BCUT2D eigenvalue weighted by molar-refractivity contribution is 8.04. The molecule has 2 amide bonds. The second kappa shape index (κ2) is 8.64. The quantitative estimate of drug-likeness (QED) is 0.643. The van der Waals surface area contributed by atoms with Crippen LogP contribution in [0.2, 0.25) is 0 Å². The van der Waals surface area contributed by atoms with Crippen LogP contribution in [0.25, 0.3) is 6.08 Å². The summed E-state index contributed by atoms with van der Waals surface area (Å²) in [4.78, 5) is 26.6. The number of benzene rings is 2. The lowest BCUT2D eigenvalue weighted by Gasteiger charge is -2.34. The minimum atomic E-state index is -0.373.